The average Bonchev–Trinajstić information content (AvgIpc) is 2.54. The van der Waals surface area contributed by atoms with Crippen molar-refractivity contribution in [2.45, 2.75) is 27.1 Å². The quantitative estimate of drug-likeness (QED) is 0.772. The Balaban J connectivity index is 2.18. The minimum absolute atomic E-state index is 0.158. The summed E-state index contributed by atoms with van der Waals surface area (Å²) < 4.78 is 33.9. The van der Waals surface area contributed by atoms with Crippen molar-refractivity contribution in [1.82, 2.24) is 0 Å². The molecule has 0 unspecified atom stereocenters. The van der Waals surface area contributed by atoms with Gasteiger partial charge < -0.3 is 9.47 Å². The van der Waals surface area contributed by atoms with Gasteiger partial charge >= 0.3 is 12.7 Å². The SMILES string of the molecule is C=Cc1ccc(COc2ccc(C)cc2C)c(NC(=O)OC(F)F)c1. The Morgan fingerprint density at radius 1 is 1.24 bits per heavy atom. The largest absolute Gasteiger partial charge is 0.489 e. The molecule has 0 spiro atoms. The van der Waals surface area contributed by atoms with E-state index < -0.39 is 12.7 Å². The first-order valence-corrected chi connectivity index (χ1v) is 7.60. The number of hydrogen-bond acceptors (Lipinski definition) is 3. The van der Waals surface area contributed by atoms with E-state index in [2.05, 4.69) is 16.6 Å². The maximum atomic E-state index is 12.2. The van der Waals surface area contributed by atoms with Gasteiger partial charge in [-0.05, 0) is 37.1 Å². The molecular formula is C19H19F2NO3. The smallest absolute Gasteiger partial charge is 0.416 e. The van der Waals surface area contributed by atoms with Crippen LogP contribution in [0.15, 0.2) is 43.0 Å². The minimum Gasteiger partial charge on any atom is -0.489 e. The van der Waals surface area contributed by atoms with E-state index >= 15 is 0 Å². The second-order valence-electron chi connectivity index (χ2n) is 5.47. The van der Waals surface area contributed by atoms with Gasteiger partial charge in [0.25, 0.3) is 0 Å². The van der Waals surface area contributed by atoms with Gasteiger partial charge in [0.15, 0.2) is 0 Å². The van der Waals surface area contributed by atoms with Crippen LogP contribution in [0.25, 0.3) is 6.08 Å². The van der Waals surface area contributed by atoms with Gasteiger partial charge in [-0.25, -0.2) is 4.79 Å². The lowest BCUT2D eigenvalue weighted by atomic mass is 10.1. The van der Waals surface area contributed by atoms with E-state index in [1.54, 1.807) is 24.3 Å². The van der Waals surface area contributed by atoms with Crippen LogP contribution >= 0.6 is 0 Å². The van der Waals surface area contributed by atoms with Crippen molar-refractivity contribution in [3.63, 3.8) is 0 Å². The number of alkyl halides is 2. The number of carbonyl (C=O) groups excluding carboxylic acids is 1. The van der Waals surface area contributed by atoms with Crippen LogP contribution in [0.2, 0.25) is 0 Å². The molecular weight excluding hydrogens is 328 g/mol. The molecule has 0 atom stereocenters. The monoisotopic (exact) mass is 347 g/mol. The van der Waals surface area contributed by atoms with Gasteiger partial charge in [-0.2, -0.15) is 8.78 Å². The number of ether oxygens (including phenoxy) is 2. The number of anilines is 1. The molecule has 0 aliphatic rings. The third-order valence-electron chi connectivity index (χ3n) is 3.52. The first kappa shape index (κ1) is 18.4. The Labute approximate surface area is 145 Å². The lowest BCUT2D eigenvalue weighted by Gasteiger charge is -2.14. The van der Waals surface area contributed by atoms with E-state index in [0.717, 1.165) is 16.7 Å². The average molecular weight is 347 g/mol. The number of benzene rings is 2. The zero-order valence-electron chi connectivity index (χ0n) is 14.0. The summed E-state index contributed by atoms with van der Waals surface area (Å²) in [5, 5.41) is 2.31. The van der Waals surface area contributed by atoms with Crippen LogP contribution in [0.5, 0.6) is 5.75 Å². The van der Waals surface area contributed by atoms with Crippen LogP contribution in [0.1, 0.15) is 22.3 Å². The molecule has 0 saturated carbocycles. The van der Waals surface area contributed by atoms with Crippen molar-refractivity contribution < 1.29 is 23.0 Å². The minimum atomic E-state index is -3.18. The first-order chi connectivity index (χ1) is 11.9. The predicted octanol–water partition coefficient (Wildman–Crippen LogP) is 5.30. The topological polar surface area (TPSA) is 47.6 Å². The van der Waals surface area contributed by atoms with E-state index in [1.807, 2.05) is 32.0 Å². The Bertz CT molecular complexity index is 775. The highest BCUT2D eigenvalue weighted by molar-refractivity contribution is 5.86. The maximum absolute atomic E-state index is 12.2. The second-order valence-corrected chi connectivity index (χ2v) is 5.47. The van der Waals surface area contributed by atoms with Crippen molar-refractivity contribution in [1.29, 1.82) is 0 Å². The van der Waals surface area contributed by atoms with Crippen molar-refractivity contribution in [3.8, 4) is 5.75 Å². The highest BCUT2D eigenvalue weighted by atomic mass is 19.3. The van der Waals surface area contributed by atoms with Crippen LogP contribution in [0.4, 0.5) is 19.3 Å². The zero-order chi connectivity index (χ0) is 18.4. The highest BCUT2D eigenvalue weighted by Crippen LogP contribution is 2.24. The summed E-state index contributed by atoms with van der Waals surface area (Å²) in [6.07, 6.45) is 0.349. The molecule has 0 bridgehead atoms. The molecule has 2 rings (SSSR count). The van der Waals surface area contributed by atoms with E-state index in [1.165, 1.54) is 0 Å². The molecule has 2 aromatic carbocycles. The fourth-order valence-electron chi connectivity index (χ4n) is 2.30. The molecule has 1 amide bonds. The van der Waals surface area contributed by atoms with Crippen molar-refractivity contribution in [2.24, 2.45) is 0 Å². The maximum Gasteiger partial charge on any atom is 0.416 e. The van der Waals surface area contributed by atoms with Crippen LogP contribution < -0.4 is 10.1 Å². The lowest BCUT2D eigenvalue weighted by molar-refractivity contribution is -0.0766. The van der Waals surface area contributed by atoms with Gasteiger partial charge in [-0.3, -0.25) is 5.32 Å². The normalized spacial score (nSPS) is 10.4. The predicted molar refractivity (Wildman–Crippen MR) is 92.9 cm³/mol. The molecule has 132 valence electrons. The number of rotatable bonds is 6. The van der Waals surface area contributed by atoms with Crippen LogP contribution in [0.3, 0.4) is 0 Å². The summed E-state index contributed by atoms with van der Waals surface area (Å²) >= 11 is 0. The lowest BCUT2D eigenvalue weighted by Crippen LogP contribution is -2.18. The summed E-state index contributed by atoms with van der Waals surface area (Å²) in [6.45, 7) is 4.54. The van der Waals surface area contributed by atoms with Crippen LogP contribution in [0, 0.1) is 13.8 Å². The summed E-state index contributed by atoms with van der Waals surface area (Å²) in [7, 11) is 0. The van der Waals surface area contributed by atoms with Gasteiger partial charge in [0, 0.05) is 5.56 Å². The summed E-state index contributed by atoms with van der Waals surface area (Å²) in [5.41, 5.74) is 3.78. The van der Waals surface area contributed by atoms with E-state index in [4.69, 9.17) is 4.74 Å². The highest BCUT2D eigenvalue weighted by Gasteiger charge is 2.13. The molecule has 4 nitrogen and oxygen atoms in total. The molecule has 0 saturated heterocycles. The van der Waals surface area contributed by atoms with E-state index in [0.29, 0.717) is 17.0 Å². The third kappa shape index (κ3) is 5.31. The third-order valence-corrected chi connectivity index (χ3v) is 3.52. The van der Waals surface area contributed by atoms with E-state index in [9.17, 15) is 13.6 Å². The molecule has 25 heavy (non-hydrogen) atoms. The molecule has 6 heteroatoms. The van der Waals surface area contributed by atoms with Crippen molar-refractivity contribution in [3.05, 3.63) is 65.2 Å². The zero-order valence-corrected chi connectivity index (χ0v) is 14.0. The van der Waals surface area contributed by atoms with Gasteiger partial charge in [-0.1, -0.05) is 42.5 Å². The van der Waals surface area contributed by atoms with Gasteiger partial charge in [-0.15, -0.1) is 0 Å². The molecule has 2 aromatic rings. The Morgan fingerprint density at radius 2 is 2.00 bits per heavy atom. The Kier molecular flexibility index (Phi) is 6.11. The molecule has 1 N–H and O–H groups in total. The number of halogens is 2. The standard InChI is InChI=1S/C19H19F2NO3/c1-4-14-6-7-15(16(10-14)22-19(23)25-18(20)21)11-24-17-8-5-12(2)9-13(17)3/h4-10,18H,1,11H2,2-3H3,(H,22,23). The van der Waals surface area contributed by atoms with Gasteiger partial charge in [0.1, 0.15) is 12.4 Å². The van der Waals surface area contributed by atoms with Crippen molar-refractivity contribution >= 4 is 17.9 Å². The molecule has 0 aliphatic carbocycles. The van der Waals surface area contributed by atoms with Crippen molar-refractivity contribution in [2.75, 3.05) is 5.32 Å². The molecule has 0 heterocycles. The summed E-state index contributed by atoms with van der Waals surface area (Å²) in [4.78, 5) is 11.5. The Morgan fingerprint density at radius 3 is 2.64 bits per heavy atom. The number of hydrogen-bond donors (Lipinski definition) is 1. The van der Waals surface area contributed by atoms with E-state index in [-0.39, 0.29) is 6.61 Å². The second kappa shape index (κ2) is 8.28. The summed E-state index contributed by atoms with van der Waals surface area (Å²) in [5.74, 6) is 0.708. The van der Waals surface area contributed by atoms with Gasteiger partial charge in [0.2, 0.25) is 0 Å². The van der Waals surface area contributed by atoms with Crippen LogP contribution in [-0.4, -0.2) is 12.7 Å². The van der Waals surface area contributed by atoms with Crippen LogP contribution in [-0.2, 0) is 11.3 Å². The number of nitrogens with one attached hydrogen (secondary N) is 1. The fourth-order valence-corrected chi connectivity index (χ4v) is 2.30. The van der Waals surface area contributed by atoms with Gasteiger partial charge in [0.05, 0.1) is 5.69 Å². The molecule has 0 aliphatic heterocycles. The molecule has 0 radical (unpaired) electrons. The number of aryl methyl sites for hydroxylation is 2. The molecule has 0 fully saturated rings. The summed E-state index contributed by atoms with van der Waals surface area (Å²) in [6, 6.07) is 10.9. The number of carbonyl (C=O) groups is 1. The molecule has 0 aromatic heterocycles. The Hall–Kier alpha value is -2.89. The first-order valence-electron chi connectivity index (χ1n) is 7.60. The number of amides is 1. The fraction of sp³-hybridized carbons (Fsp3) is 0.211.